The van der Waals surface area contributed by atoms with E-state index in [1.807, 2.05) is 87.1 Å². The first-order chi connectivity index (χ1) is 15.5. The van der Waals surface area contributed by atoms with E-state index in [0.29, 0.717) is 11.7 Å². The highest BCUT2D eigenvalue weighted by atomic mass is 32.2. The molecule has 2 aromatic carbocycles. The van der Waals surface area contributed by atoms with Gasteiger partial charge in [-0.15, -0.1) is 10.2 Å². The van der Waals surface area contributed by atoms with Crippen LogP contribution in [0.25, 0.3) is 22.6 Å². The molecule has 0 saturated carbocycles. The van der Waals surface area contributed by atoms with Crippen molar-refractivity contribution in [2.45, 2.75) is 32.5 Å². The Labute approximate surface area is 191 Å². The quantitative estimate of drug-likeness (QED) is 0.416. The van der Waals surface area contributed by atoms with Crippen LogP contribution in [0.15, 0.2) is 59.9 Å². The van der Waals surface area contributed by atoms with Crippen LogP contribution in [-0.2, 0) is 18.4 Å². The fraction of sp³-hybridized carbons (Fsp3) is 0.250. The summed E-state index contributed by atoms with van der Waals surface area (Å²) >= 11 is 1.38. The maximum atomic E-state index is 12.6. The lowest BCUT2D eigenvalue weighted by Crippen LogP contribution is -2.15. The Hall–Kier alpha value is -3.39. The topological polar surface area (TPSA) is 77.6 Å². The van der Waals surface area contributed by atoms with Gasteiger partial charge in [-0.1, -0.05) is 54.2 Å². The van der Waals surface area contributed by atoms with E-state index in [-0.39, 0.29) is 11.7 Å². The van der Waals surface area contributed by atoms with Gasteiger partial charge in [0.15, 0.2) is 11.0 Å². The lowest BCUT2D eigenvalue weighted by atomic mass is 10.1. The van der Waals surface area contributed by atoms with Crippen molar-refractivity contribution in [3.05, 3.63) is 65.9 Å². The van der Waals surface area contributed by atoms with Gasteiger partial charge < -0.3 is 9.88 Å². The Bertz CT molecular complexity index is 1240. The van der Waals surface area contributed by atoms with E-state index in [4.69, 9.17) is 0 Å². The fourth-order valence-corrected chi connectivity index (χ4v) is 4.35. The molecule has 1 N–H and O–H groups in total. The molecular weight excluding hydrogens is 420 g/mol. The number of nitrogens with one attached hydrogen (secondary N) is 1. The van der Waals surface area contributed by atoms with Gasteiger partial charge in [0.2, 0.25) is 5.91 Å². The Morgan fingerprint density at radius 3 is 2.59 bits per heavy atom. The number of aryl methyl sites for hydroxylation is 2. The lowest BCUT2D eigenvalue weighted by Gasteiger charge is -2.10. The Balaban J connectivity index is 1.55. The standard InChI is InChI=1S/C24H26N6OS/c1-5-30-23(19-14-29(4)28-22(19)18-11-7-6-8-12-18)26-27-24(30)32-15-21(31)25-20-13-9-10-16(2)17(20)3/h6-14H,5,15H2,1-4H3,(H,25,31). The van der Waals surface area contributed by atoms with Gasteiger partial charge in [-0.3, -0.25) is 9.48 Å². The van der Waals surface area contributed by atoms with Crippen molar-refractivity contribution in [2.24, 2.45) is 7.05 Å². The lowest BCUT2D eigenvalue weighted by molar-refractivity contribution is -0.113. The largest absolute Gasteiger partial charge is 0.325 e. The zero-order chi connectivity index (χ0) is 22.7. The van der Waals surface area contributed by atoms with Crippen molar-refractivity contribution in [3.8, 4) is 22.6 Å². The summed E-state index contributed by atoms with van der Waals surface area (Å²) in [7, 11) is 1.90. The first-order valence-electron chi connectivity index (χ1n) is 10.5. The van der Waals surface area contributed by atoms with Crippen LogP contribution in [0, 0.1) is 13.8 Å². The summed E-state index contributed by atoms with van der Waals surface area (Å²) < 4.78 is 3.82. The average Bonchev–Trinajstić information content (AvgIpc) is 3.38. The Morgan fingerprint density at radius 2 is 1.84 bits per heavy atom. The number of aromatic nitrogens is 5. The molecule has 2 aromatic heterocycles. The van der Waals surface area contributed by atoms with Crippen molar-refractivity contribution in [3.63, 3.8) is 0 Å². The molecule has 4 aromatic rings. The van der Waals surface area contributed by atoms with E-state index >= 15 is 0 Å². The second kappa shape index (κ2) is 9.40. The summed E-state index contributed by atoms with van der Waals surface area (Å²) in [6.07, 6.45) is 1.96. The minimum atomic E-state index is -0.0674. The molecule has 0 aliphatic carbocycles. The van der Waals surface area contributed by atoms with E-state index < -0.39 is 0 Å². The third kappa shape index (κ3) is 4.45. The van der Waals surface area contributed by atoms with Crippen LogP contribution >= 0.6 is 11.8 Å². The first kappa shape index (κ1) is 21.8. The van der Waals surface area contributed by atoms with Gasteiger partial charge in [-0.25, -0.2) is 0 Å². The molecule has 0 aliphatic heterocycles. The van der Waals surface area contributed by atoms with E-state index in [1.165, 1.54) is 11.8 Å². The van der Waals surface area contributed by atoms with Crippen LogP contribution in [-0.4, -0.2) is 36.2 Å². The maximum Gasteiger partial charge on any atom is 0.234 e. The van der Waals surface area contributed by atoms with Crippen LogP contribution in [0.1, 0.15) is 18.1 Å². The number of benzene rings is 2. The predicted octanol–water partition coefficient (Wildman–Crippen LogP) is 4.71. The fourth-order valence-electron chi connectivity index (χ4n) is 3.54. The average molecular weight is 447 g/mol. The van der Waals surface area contributed by atoms with Crippen molar-refractivity contribution < 1.29 is 4.79 Å². The van der Waals surface area contributed by atoms with E-state index in [0.717, 1.165) is 39.5 Å². The summed E-state index contributed by atoms with van der Waals surface area (Å²) in [5.74, 6) is 0.934. The molecular formula is C24H26N6OS. The van der Waals surface area contributed by atoms with E-state index in [2.05, 4.69) is 20.6 Å². The second-order valence-electron chi connectivity index (χ2n) is 7.57. The summed E-state index contributed by atoms with van der Waals surface area (Å²) in [6.45, 7) is 6.78. The minimum absolute atomic E-state index is 0.0674. The second-order valence-corrected chi connectivity index (χ2v) is 8.51. The van der Waals surface area contributed by atoms with Gasteiger partial charge in [0.1, 0.15) is 5.69 Å². The van der Waals surface area contributed by atoms with Gasteiger partial charge in [-0.05, 0) is 38.0 Å². The molecule has 1 amide bonds. The van der Waals surface area contributed by atoms with Crippen LogP contribution in [0.3, 0.4) is 0 Å². The normalized spacial score (nSPS) is 11.0. The molecule has 0 aliphatic rings. The number of nitrogens with zero attached hydrogens (tertiary/aromatic N) is 5. The van der Waals surface area contributed by atoms with E-state index in [1.54, 1.807) is 4.68 Å². The molecule has 2 heterocycles. The zero-order valence-electron chi connectivity index (χ0n) is 18.7. The number of hydrogen-bond donors (Lipinski definition) is 1. The van der Waals surface area contributed by atoms with Gasteiger partial charge in [0.25, 0.3) is 0 Å². The van der Waals surface area contributed by atoms with Gasteiger partial charge in [0.05, 0.1) is 11.3 Å². The Kier molecular flexibility index (Phi) is 6.41. The summed E-state index contributed by atoms with van der Waals surface area (Å²) in [5, 5.41) is 17.2. The minimum Gasteiger partial charge on any atom is -0.325 e. The van der Waals surface area contributed by atoms with Crippen molar-refractivity contribution in [2.75, 3.05) is 11.1 Å². The van der Waals surface area contributed by atoms with Gasteiger partial charge in [0, 0.05) is 31.0 Å². The smallest absolute Gasteiger partial charge is 0.234 e. The highest BCUT2D eigenvalue weighted by Gasteiger charge is 2.20. The molecule has 164 valence electrons. The first-order valence-corrected chi connectivity index (χ1v) is 11.5. The molecule has 0 unspecified atom stereocenters. The number of rotatable bonds is 7. The van der Waals surface area contributed by atoms with Crippen molar-refractivity contribution in [1.29, 1.82) is 0 Å². The number of hydrogen-bond acceptors (Lipinski definition) is 5. The third-order valence-electron chi connectivity index (χ3n) is 5.36. The molecule has 0 fully saturated rings. The number of anilines is 1. The molecule has 8 heteroatoms. The predicted molar refractivity (Wildman–Crippen MR) is 129 cm³/mol. The molecule has 4 rings (SSSR count). The van der Waals surface area contributed by atoms with Crippen LogP contribution < -0.4 is 5.32 Å². The number of carbonyl (C=O) groups is 1. The van der Waals surface area contributed by atoms with Crippen LogP contribution in [0.2, 0.25) is 0 Å². The third-order valence-corrected chi connectivity index (χ3v) is 6.33. The monoisotopic (exact) mass is 446 g/mol. The molecule has 0 bridgehead atoms. The summed E-state index contributed by atoms with van der Waals surface area (Å²) in [4.78, 5) is 12.6. The van der Waals surface area contributed by atoms with Gasteiger partial charge >= 0.3 is 0 Å². The number of carbonyl (C=O) groups excluding carboxylic acids is 1. The van der Waals surface area contributed by atoms with Crippen LogP contribution in [0.4, 0.5) is 5.69 Å². The summed E-state index contributed by atoms with van der Waals surface area (Å²) in [5.41, 5.74) is 5.87. The van der Waals surface area contributed by atoms with Crippen molar-refractivity contribution in [1.82, 2.24) is 24.5 Å². The highest BCUT2D eigenvalue weighted by molar-refractivity contribution is 7.99. The summed E-state index contributed by atoms with van der Waals surface area (Å²) in [6, 6.07) is 15.9. The van der Waals surface area contributed by atoms with E-state index in [9.17, 15) is 4.79 Å². The highest BCUT2D eigenvalue weighted by Crippen LogP contribution is 2.32. The molecule has 0 spiro atoms. The van der Waals surface area contributed by atoms with Crippen molar-refractivity contribution >= 4 is 23.4 Å². The molecule has 0 atom stereocenters. The zero-order valence-corrected chi connectivity index (χ0v) is 19.5. The Morgan fingerprint density at radius 1 is 1.06 bits per heavy atom. The SMILES string of the molecule is CCn1c(SCC(=O)Nc2cccc(C)c2C)nnc1-c1cn(C)nc1-c1ccccc1. The molecule has 7 nitrogen and oxygen atoms in total. The molecule has 32 heavy (non-hydrogen) atoms. The molecule has 0 saturated heterocycles. The molecule has 0 radical (unpaired) electrons. The number of thioether (sulfide) groups is 1. The maximum absolute atomic E-state index is 12.6. The van der Waals surface area contributed by atoms with Crippen LogP contribution in [0.5, 0.6) is 0 Å². The number of amides is 1. The van der Waals surface area contributed by atoms with Gasteiger partial charge in [-0.2, -0.15) is 5.10 Å².